The highest BCUT2D eigenvalue weighted by molar-refractivity contribution is 5.96. The monoisotopic (exact) mass is 327 g/mol. The van der Waals surface area contributed by atoms with Crippen LogP contribution in [0, 0.1) is 0 Å². The Balaban J connectivity index is 1.86. The maximum absolute atomic E-state index is 12.8. The zero-order valence-electron chi connectivity index (χ0n) is 14.3. The zero-order valence-corrected chi connectivity index (χ0v) is 14.3. The minimum Gasteiger partial charge on any atom is -0.441 e. The Hall–Kier alpha value is -2.67. The predicted octanol–water partition coefficient (Wildman–Crippen LogP) is 2.37. The molecule has 3 rings (SSSR count). The van der Waals surface area contributed by atoms with Gasteiger partial charge in [-0.15, -0.1) is 0 Å². The molecule has 0 saturated carbocycles. The Morgan fingerprint density at radius 1 is 1.42 bits per heavy atom. The second-order valence-electron chi connectivity index (χ2n) is 5.93. The van der Waals surface area contributed by atoms with Crippen LogP contribution in [0.2, 0.25) is 0 Å². The summed E-state index contributed by atoms with van der Waals surface area (Å²) < 4.78 is 7.44. The summed E-state index contributed by atoms with van der Waals surface area (Å²) in [7, 11) is 5.61. The molecule has 7 heteroatoms. The molecule has 0 fully saturated rings. The van der Waals surface area contributed by atoms with Crippen LogP contribution in [-0.4, -0.2) is 39.4 Å². The van der Waals surface area contributed by atoms with E-state index in [-0.39, 0.29) is 5.91 Å². The summed E-state index contributed by atoms with van der Waals surface area (Å²) >= 11 is 0. The maximum Gasteiger partial charge on any atom is 0.247 e. The first-order valence-electron chi connectivity index (χ1n) is 7.82. The van der Waals surface area contributed by atoms with Gasteiger partial charge in [-0.3, -0.25) is 9.69 Å². The van der Waals surface area contributed by atoms with Crippen LogP contribution in [0.5, 0.6) is 0 Å². The highest BCUT2D eigenvalue weighted by Gasteiger charge is 2.25. The van der Waals surface area contributed by atoms with Gasteiger partial charge >= 0.3 is 0 Å². The molecular formula is C17H21N5O2. The summed E-state index contributed by atoms with van der Waals surface area (Å²) in [6, 6.07) is 5.04. The largest absolute Gasteiger partial charge is 0.441 e. The van der Waals surface area contributed by atoms with Gasteiger partial charge in [0.15, 0.2) is 11.5 Å². The average Bonchev–Trinajstić information content (AvgIpc) is 3.13. The van der Waals surface area contributed by atoms with Crippen molar-refractivity contribution in [3.63, 3.8) is 0 Å². The number of carbonyl (C=O) groups excluding carboxylic acids is 1. The average molecular weight is 327 g/mol. The van der Waals surface area contributed by atoms with Gasteiger partial charge in [-0.05, 0) is 32.3 Å². The van der Waals surface area contributed by atoms with Crippen molar-refractivity contribution in [2.45, 2.75) is 19.4 Å². The summed E-state index contributed by atoms with van der Waals surface area (Å²) in [6.45, 7) is 1.99. The number of imidazole rings is 1. The third-order valence-electron chi connectivity index (χ3n) is 3.90. The number of anilines is 1. The van der Waals surface area contributed by atoms with Gasteiger partial charge in [0.05, 0.1) is 18.2 Å². The van der Waals surface area contributed by atoms with Crippen LogP contribution in [-0.2, 0) is 18.3 Å². The number of amides is 1. The Bertz CT molecular complexity index is 865. The van der Waals surface area contributed by atoms with Crippen molar-refractivity contribution in [2.75, 3.05) is 19.4 Å². The zero-order chi connectivity index (χ0) is 17.3. The molecule has 0 spiro atoms. The number of hydrogen-bond donors (Lipinski definition) is 1. The number of oxazole rings is 1. The van der Waals surface area contributed by atoms with Crippen molar-refractivity contribution in [3.05, 3.63) is 42.3 Å². The third-order valence-corrected chi connectivity index (χ3v) is 3.90. The Kier molecular flexibility index (Phi) is 4.35. The summed E-state index contributed by atoms with van der Waals surface area (Å²) in [5, 5.41) is 2.95. The van der Waals surface area contributed by atoms with E-state index in [1.54, 1.807) is 12.5 Å². The van der Waals surface area contributed by atoms with Gasteiger partial charge in [-0.25, -0.2) is 9.97 Å². The number of fused-ring (bicyclic) bond motifs is 1. The summed E-state index contributed by atoms with van der Waals surface area (Å²) in [4.78, 5) is 23.1. The van der Waals surface area contributed by atoms with Crippen LogP contribution in [0.25, 0.3) is 11.1 Å². The predicted molar refractivity (Wildman–Crippen MR) is 91.7 cm³/mol. The molecular weight excluding hydrogens is 306 g/mol. The molecule has 0 aliphatic heterocycles. The highest BCUT2D eigenvalue weighted by Crippen LogP contribution is 2.23. The minimum absolute atomic E-state index is 0.123. The molecule has 1 aromatic carbocycles. The van der Waals surface area contributed by atoms with E-state index in [9.17, 15) is 4.79 Å². The first-order valence-corrected chi connectivity index (χ1v) is 7.82. The minimum atomic E-state index is -0.434. The summed E-state index contributed by atoms with van der Waals surface area (Å²) in [5.41, 5.74) is 2.98. The molecule has 1 atom stereocenters. The molecule has 0 radical (unpaired) electrons. The van der Waals surface area contributed by atoms with Gasteiger partial charge in [-0.2, -0.15) is 0 Å². The number of hydrogen-bond acceptors (Lipinski definition) is 5. The normalized spacial score (nSPS) is 12.7. The van der Waals surface area contributed by atoms with E-state index in [4.69, 9.17) is 4.42 Å². The second kappa shape index (κ2) is 6.45. The second-order valence-corrected chi connectivity index (χ2v) is 5.93. The molecule has 0 aliphatic rings. The number of aryl methyl sites for hydroxylation is 2. The van der Waals surface area contributed by atoms with E-state index < -0.39 is 6.04 Å². The van der Waals surface area contributed by atoms with Crippen molar-refractivity contribution in [1.29, 1.82) is 0 Å². The van der Waals surface area contributed by atoms with Gasteiger partial charge in [-0.1, -0.05) is 6.92 Å². The lowest BCUT2D eigenvalue weighted by Gasteiger charge is -2.23. The molecule has 0 saturated heterocycles. The van der Waals surface area contributed by atoms with Crippen molar-refractivity contribution in [2.24, 2.45) is 7.05 Å². The lowest BCUT2D eigenvalue weighted by atomic mass is 10.1. The van der Waals surface area contributed by atoms with Crippen molar-refractivity contribution < 1.29 is 9.21 Å². The van der Waals surface area contributed by atoms with Crippen LogP contribution in [0.15, 0.2) is 35.1 Å². The molecule has 0 bridgehead atoms. The fourth-order valence-corrected chi connectivity index (χ4v) is 2.68. The van der Waals surface area contributed by atoms with E-state index in [1.165, 1.54) is 0 Å². The molecule has 24 heavy (non-hydrogen) atoms. The van der Waals surface area contributed by atoms with E-state index in [1.807, 2.05) is 55.7 Å². The van der Waals surface area contributed by atoms with Crippen molar-refractivity contribution in [1.82, 2.24) is 19.4 Å². The number of carbonyl (C=O) groups is 1. The quantitative estimate of drug-likeness (QED) is 0.778. The van der Waals surface area contributed by atoms with Crippen LogP contribution in [0.4, 0.5) is 5.69 Å². The third kappa shape index (κ3) is 3.03. The number of nitrogens with zero attached hydrogens (tertiary/aromatic N) is 4. The number of nitrogens with one attached hydrogen (secondary N) is 1. The van der Waals surface area contributed by atoms with E-state index >= 15 is 0 Å². The fourth-order valence-electron chi connectivity index (χ4n) is 2.68. The SMILES string of the molecule is CCc1nc2cc(NC(=O)[C@H](c3cncn3C)N(C)C)ccc2o1. The summed E-state index contributed by atoms with van der Waals surface area (Å²) in [6.07, 6.45) is 4.13. The van der Waals surface area contributed by atoms with E-state index in [0.29, 0.717) is 11.6 Å². The molecule has 0 unspecified atom stereocenters. The molecule has 126 valence electrons. The van der Waals surface area contributed by atoms with Gasteiger partial charge in [0.2, 0.25) is 5.91 Å². The first-order chi connectivity index (χ1) is 11.5. The number of likely N-dealkylation sites (N-methyl/N-ethyl adjacent to an activating group) is 1. The lowest BCUT2D eigenvalue weighted by molar-refractivity contribution is -0.120. The number of rotatable bonds is 5. The molecule has 1 amide bonds. The fraction of sp³-hybridized carbons (Fsp3) is 0.353. The Morgan fingerprint density at radius 2 is 2.21 bits per heavy atom. The van der Waals surface area contributed by atoms with Crippen molar-refractivity contribution >= 4 is 22.7 Å². The molecule has 1 N–H and O–H groups in total. The topological polar surface area (TPSA) is 76.2 Å². The van der Waals surface area contributed by atoms with Crippen LogP contribution < -0.4 is 5.32 Å². The first kappa shape index (κ1) is 16.2. The lowest BCUT2D eigenvalue weighted by Crippen LogP contribution is -2.33. The van der Waals surface area contributed by atoms with Gasteiger partial charge in [0, 0.05) is 19.2 Å². The van der Waals surface area contributed by atoms with Gasteiger partial charge in [0.1, 0.15) is 11.6 Å². The number of benzene rings is 1. The standard InChI is InChI=1S/C17H21N5O2/c1-5-15-20-12-8-11(6-7-14(12)24-15)19-17(23)16(21(2)3)13-9-18-10-22(13)4/h6-10,16H,5H2,1-4H3,(H,19,23)/t16-/m0/s1. The molecule has 0 aliphatic carbocycles. The van der Waals surface area contributed by atoms with E-state index in [0.717, 1.165) is 23.2 Å². The molecule has 3 aromatic rings. The van der Waals surface area contributed by atoms with E-state index in [2.05, 4.69) is 15.3 Å². The number of aromatic nitrogens is 3. The van der Waals surface area contributed by atoms with Gasteiger partial charge < -0.3 is 14.3 Å². The Labute approximate surface area is 140 Å². The Morgan fingerprint density at radius 3 is 2.83 bits per heavy atom. The molecule has 2 heterocycles. The van der Waals surface area contributed by atoms with Crippen LogP contribution in [0.1, 0.15) is 24.6 Å². The van der Waals surface area contributed by atoms with Crippen LogP contribution >= 0.6 is 0 Å². The van der Waals surface area contributed by atoms with Gasteiger partial charge in [0.25, 0.3) is 0 Å². The molecule has 2 aromatic heterocycles. The highest BCUT2D eigenvalue weighted by atomic mass is 16.3. The van der Waals surface area contributed by atoms with Crippen LogP contribution in [0.3, 0.4) is 0 Å². The van der Waals surface area contributed by atoms with Crippen molar-refractivity contribution in [3.8, 4) is 0 Å². The molecule has 7 nitrogen and oxygen atoms in total. The maximum atomic E-state index is 12.8. The summed E-state index contributed by atoms with van der Waals surface area (Å²) in [5.74, 6) is 0.566. The smallest absolute Gasteiger partial charge is 0.247 e.